The van der Waals surface area contributed by atoms with Gasteiger partial charge in [-0.1, -0.05) is 6.07 Å². The minimum absolute atomic E-state index is 0.203. The van der Waals surface area contributed by atoms with Gasteiger partial charge in [-0.05, 0) is 11.6 Å². The molecule has 1 aromatic rings. The van der Waals surface area contributed by atoms with Gasteiger partial charge in [0.15, 0.2) is 0 Å². The van der Waals surface area contributed by atoms with Crippen LogP contribution in [0.4, 0.5) is 5.69 Å². The normalized spacial score (nSPS) is 12.5. The minimum Gasteiger partial charge on any atom is -0.497 e. The number of benzene rings is 1. The van der Waals surface area contributed by atoms with E-state index < -0.39 is 0 Å². The maximum absolute atomic E-state index is 5.76. The van der Waals surface area contributed by atoms with Gasteiger partial charge in [0.2, 0.25) is 0 Å². The van der Waals surface area contributed by atoms with E-state index in [-0.39, 0.29) is 6.04 Å². The molecule has 0 spiro atoms. The predicted octanol–water partition coefficient (Wildman–Crippen LogP) is 0.236. The van der Waals surface area contributed by atoms with Crippen LogP contribution in [0.1, 0.15) is 11.6 Å². The predicted molar refractivity (Wildman–Crippen MR) is 53.4 cm³/mol. The van der Waals surface area contributed by atoms with Crippen LogP contribution in [-0.2, 0) is 0 Å². The van der Waals surface area contributed by atoms with Crippen LogP contribution >= 0.6 is 0 Å². The van der Waals surface area contributed by atoms with Crippen LogP contribution in [0, 0.1) is 0 Å². The summed E-state index contributed by atoms with van der Waals surface area (Å²) in [6.07, 6.45) is 0. The molecule has 0 amide bonds. The molecule has 4 nitrogen and oxygen atoms in total. The van der Waals surface area contributed by atoms with E-state index in [4.69, 9.17) is 21.9 Å². The summed E-state index contributed by atoms with van der Waals surface area (Å²) < 4.78 is 5.01. The number of hydrogen-bond acceptors (Lipinski definition) is 4. The van der Waals surface area contributed by atoms with Crippen LogP contribution in [0.25, 0.3) is 0 Å². The van der Waals surface area contributed by atoms with Gasteiger partial charge in [-0.25, -0.2) is 0 Å². The van der Waals surface area contributed by atoms with Crippen LogP contribution in [0.2, 0.25) is 0 Å². The Balaban J connectivity index is 2.98. The molecular weight excluding hydrogens is 166 g/mol. The average molecular weight is 181 g/mol. The molecule has 72 valence electrons. The molecule has 0 aliphatic carbocycles. The molecule has 13 heavy (non-hydrogen) atoms. The van der Waals surface area contributed by atoms with E-state index in [2.05, 4.69) is 0 Å². The van der Waals surface area contributed by atoms with Gasteiger partial charge in [0, 0.05) is 24.3 Å². The maximum Gasteiger partial charge on any atom is 0.120 e. The fourth-order valence-electron chi connectivity index (χ4n) is 1.14. The molecule has 6 N–H and O–H groups in total. The van der Waals surface area contributed by atoms with Crippen molar-refractivity contribution in [3.63, 3.8) is 0 Å². The summed E-state index contributed by atoms with van der Waals surface area (Å²) >= 11 is 0. The Bertz CT molecular complexity index is 288. The Morgan fingerprint density at radius 1 is 1.46 bits per heavy atom. The number of anilines is 1. The molecule has 0 heterocycles. The summed E-state index contributed by atoms with van der Waals surface area (Å²) in [5, 5.41) is 0. The summed E-state index contributed by atoms with van der Waals surface area (Å²) in [6, 6.07) is 5.20. The van der Waals surface area contributed by atoms with E-state index in [0.717, 1.165) is 11.3 Å². The summed E-state index contributed by atoms with van der Waals surface area (Å²) in [5.74, 6) is 0.727. The smallest absolute Gasteiger partial charge is 0.120 e. The Morgan fingerprint density at radius 2 is 2.15 bits per heavy atom. The van der Waals surface area contributed by atoms with Gasteiger partial charge in [-0.15, -0.1) is 0 Å². The number of nitrogens with two attached hydrogens (primary N) is 3. The van der Waals surface area contributed by atoms with Crippen LogP contribution in [0.5, 0.6) is 5.75 Å². The van der Waals surface area contributed by atoms with E-state index in [9.17, 15) is 0 Å². The SMILES string of the molecule is COc1ccc([C@H](N)CN)c(N)c1. The quantitative estimate of drug-likeness (QED) is 0.583. The molecule has 0 aromatic heterocycles. The van der Waals surface area contributed by atoms with E-state index in [1.54, 1.807) is 13.2 Å². The molecule has 0 fully saturated rings. The number of rotatable bonds is 3. The highest BCUT2D eigenvalue weighted by Crippen LogP contribution is 2.23. The van der Waals surface area contributed by atoms with Crippen molar-refractivity contribution in [1.29, 1.82) is 0 Å². The van der Waals surface area contributed by atoms with E-state index >= 15 is 0 Å². The maximum atomic E-state index is 5.76. The van der Waals surface area contributed by atoms with Crippen molar-refractivity contribution in [2.45, 2.75) is 6.04 Å². The second kappa shape index (κ2) is 4.11. The molecule has 1 rings (SSSR count). The molecule has 1 aromatic carbocycles. The van der Waals surface area contributed by atoms with Crippen molar-refractivity contribution in [1.82, 2.24) is 0 Å². The van der Waals surface area contributed by atoms with Crippen molar-refractivity contribution in [2.24, 2.45) is 11.5 Å². The first-order chi connectivity index (χ1) is 6.19. The van der Waals surface area contributed by atoms with Crippen LogP contribution in [-0.4, -0.2) is 13.7 Å². The topological polar surface area (TPSA) is 87.3 Å². The molecule has 1 atom stereocenters. The lowest BCUT2D eigenvalue weighted by Crippen LogP contribution is -2.21. The van der Waals surface area contributed by atoms with Crippen LogP contribution in [0.15, 0.2) is 18.2 Å². The summed E-state index contributed by atoms with van der Waals surface area (Å²) in [5.41, 5.74) is 18.4. The Hall–Kier alpha value is -1.26. The van der Waals surface area contributed by atoms with E-state index in [0.29, 0.717) is 12.2 Å². The molecule has 0 saturated heterocycles. The van der Waals surface area contributed by atoms with Crippen LogP contribution in [0.3, 0.4) is 0 Å². The van der Waals surface area contributed by atoms with Crippen LogP contribution < -0.4 is 21.9 Å². The van der Waals surface area contributed by atoms with E-state index in [1.165, 1.54) is 0 Å². The average Bonchev–Trinajstić information content (AvgIpc) is 2.16. The lowest BCUT2D eigenvalue weighted by Gasteiger charge is -2.12. The third-order valence-electron chi connectivity index (χ3n) is 1.95. The highest BCUT2D eigenvalue weighted by Gasteiger charge is 2.07. The first kappa shape index (κ1) is 9.83. The molecule has 0 bridgehead atoms. The van der Waals surface area contributed by atoms with E-state index in [1.807, 2.05) is 12.1 Å². The lowest BCUT2D eigenvalue weighted by atomic mass is 10.1. The van der Waals surface area contributed by atoms with Crippen molar-refractivity contribution in [3.05, 3.63) is 23.8 Å². The zero-order chi connectivity index (χ0) is 9.84. The number of hydrogen-bond donors (Lipinski definition) is 3. The zero-order valence-electron chi connectivity index (χ0n) is 7.66. The van der Waals surface area contributed by atoms with Gasteiger partial charge in [0.25, 0.3) is 0 Å². The minimum atomic E-state index is -0.203. The molecule has 0 aliphatic rings. The fourth-order valence-corrected chi connectivity index (χ4v) is 1.14. The Labute approximate surface area is 77.7 Å². The van der Waals surface area contributed by atoms with Crippen molar-refractivity contribution < 1.29 is 4.74 Å². The molecule has 0 radical (unpaired) electrons. The lowest BCUT2D eigenvalue weighted by molar-refractivity contribution is 0.415. The number of ether oxygens (including phenoxy) is 1. The third kappa shape index (κ3) is 2.11. The second-order valence-electron chi connectivity index (χ2n) is 2.84. The molecule has 4 heteroatoms. The highest BCUT2D eigenvalue weighted by atomic mass is 16.5. The van der Waals surface area contributed by atoms with Gasteiger partial charge in [-0.2, -0.15) is 0 Å². The first-order valence-electron chi connectivity index (χ1n) is 4.08. The van der Waals surface area contributed by atoms with Gasteiger partial charge in [-0.3, -0.25) is 0 Å². The van der Waals surface area contributed by atoms with Crippen molar-refractivity contribution >= 4 is 5.69 Å². The van der Waals surface area contributed by atoms with Gasteiger partial charge < -0.3 is 21.9 Å². The zero-order valence-corrected chi connectivity index (χ0v) is 7.66. The molecule has 0 unspecified atom stereocenters. The largest absolute Gasteiger partial charge is 0.497 e. The van der Waals surface area contributed by atoms with Gasteiger partial charge in [0.05, 0.1) is 7.11 Å². The standard InChI is InChI=1S/C9H15N3O/c1-13-6-2-3-7(8(11)4-6)9(12)5-10/h2-4,9H,5,10-12H2,1H3/t9-/m1/s1. The Morgan fingerprint density at radius 3 is 2.62 bits per heavy atom. The monoisotopic (exact) mass is 181 g/mol. The van der Waals surface area contributed by atoms with Gasteiger partial charge >= 0.3 is 0 Å². The highest BCUT2D eigenvalue weighted by molar-refractivity contribution is 5.52. The summed E-state index contributed by atoms with van der Waals surface area (Å²) in [4.78, 5) is 0. The second-order valence-corrected chi connectivity index (χ2v) is 2.84. The molecule has 0 aliphatic heterocycles. The first-order valence-corrected chi connectivity index (χ1v) is 4.08. The van der Waals surface area contributed by atoms with Crippen molar-refractivity contribution in [3.8, 4) is 5.75 Å². The molecule has 0 saturated carbocycles. The third-order valence-corrected chi connectivity index (χ3v) is 1.95. The molecular formula is C9H15N3O. The number of nitrogen functional groups attached to an aromatic ring is 1. The Kier molecular flexibility index (Phi) is 3.11. The fraction of sp³-hybridized carbons (Fsp3) is 0.333. The number of methoxy groups -OCH3 is 1. The van der Waals surface area contributed by atoms with Gasteiger partial charge in [0.1, 0.15) is 5.75 Å². The summed E-state index contributed by atoms with van der Waals surface area (Å²) in [6.45, 7) is 0.385. The van der Waals surface area contributed by atoms with Crippen molar-refractivity contribution in [2.75, 3.05) is 19.4 Å². The summed E-state index contributed by atoms with van der Waals surface area (Å²) in [7, 11) is 1.59.